The fraction of sp³-hybridized carbons (Fsp3) is 0.500. The highest BCUT2D eigenvalue weighted by molar-refractivity contribution is 5.64. The molecule has 1 rings (SSSR count). The average molecular weight is 235 g/mol. The Morgan fingerprint density at radius 1 is 1.41 bits per heavy atom. The Morgan fingerprint density at radius 3 is 2.94 bits per heavy atom. The molecule has 0 radical (unpaired) electrons. The number of unbranched alkanes of at least 4 members (excludes halogenated alkanes) is 1. The van der Waals surface area contributed by atoms with Crippen molar-refractivity contribution in [1.29, 1.82) is 0 Å². The van der Waals surface area contributed by atoms with Crippen LogP contribution in [0.15, 0.2) is 18.9 Å². The molecule has 0 amide bonds. The van der Waals surface area contributed by atoms with Gasteiger partial charge in [0, 0.05) is 13.1 Å². The van der Waals surface area contributed by atoms with Crippen molar-refractivity contribution in [2.75, 3.05) is 29.5 Å². The third-order valence-electron chi connectivity index (χ3n) is 2.29. The number of nitrogens with zero attached hydrogens (tertiary/aromatic N) is 2. The maximum atomic E-state index is 5.58. The molecule has 0 saturated heterocycles. The van der Waals surface area contributed by atoms with E-state index in [1.807, 2.05) is 6.08 Å². The Hall–Kier alpha value is -1.78. The third-order valence-corrected chi connectivity index (χ3v) is 2.29. The fourth-order valence-electron chi connectivity index (χ4n) is 1.35. The molecular formula is C12H21N5. The quantitative estimate of drug-likeness (QED) is 0.476. The first-order chi connectivity index (χ1) is 8.27. The zero-order chi connectivity index (χ0) is 12.5. The summed E-state index contributed by atoms with van der Waals surface area (Å²) >= 11 is 0. The lowest BCUT2D eigenvalue weighted by atomic mass is 10.3. The van der Waals surface area contributed by atoms with Crippen molar-refractivity contribution in [3.05, 3.63) is 18.9 Å². The number of nitrogen functional groups attached to an aromatic ring is 1. The smallest absolute Gasteiger partial charge is 0.222 e. The Kier molecular flexibility index (Phi) is 5.85. The number of hydrogen-bond acceptors (Lipinski definition) is 5. The lowest BCUT2D eigenvalue weighted by Crippen LogP contribution is -2.10. The molecule has 1 heterocycles. The van der Waals surface area contributed by atoms with Gasteiger partial charge < -0.3 is 16.4 Å². The molecule has 0 aliphatic rings. The average Bonchev–Trinajstić information content (AvgIpc) is 2.32. The molecule has 0 aliphatic heterocycles. The van der Waals surface area contributed by atoms with Gasteiger partial charge in [0.15, 0.2) is 5.82 Å². The topological polar surface area (TPSA) is 75.9 Å². The van der Waals surface area contributed by atoms with E-state index in [2.05, 4.69) is 34.1 Å². The molecule has 0 aliphatic carbocycles. The van der Waals surface area contributed by atoms with Gasteiger partial charge in [0.1, 0.15) is 0 Å². The molecule has 5 heteroatoms. The van der Waals surface area contributed by atoms with Crippen LogP contribution >= 0.6 is 0 Å². The normalized spacial score (nSPS) is 9.94. The Labute approximate surface area is 103 Å². The van der Waals surface area contributed by atoms with E-state index in [0.29, 0.717) is 5.95 Å². The van der Waals surface area contributed by atoms with Crippen LogP contribution in [0.2, 0.25) is 0 Å². The van der Waals surface area contributed by atoms with Crippen LogP contribution in [0.4, 0.5) is 17.5 Å². The predicted octanol–water partition coefficient (Wildman–Crippen LogP) is 2.26. The summed E-state index contributed by atoms with van der Waals surface area (Å²) in [5.41, 5.74) is 6.47. The molecule has 17 heavy (non-hydrogen) atoms. The van der Waals surface area contributed by atoms with Crippen molar-refractivity contribution in [2.24, 2.45) is 0 Å². The van der Waals surface area contributed by atoms with Crippen LogP contribution in [-0.2, 0) is 0 Å². The number of nitrogens with one attached hydrogen (secondary N) is 2. The summed E-state index contributed by atoms with van der Waals surface area (Å²) in [4.78, 5) is 8.18. The standard InChI is InChI=1S/C12H21N5/c1-3-5-7-14-10-9-16-12(13)17-11(10)15-8-6-4-2/h3,9,14H,1,4-8H2,2H3,(H3,13,15,16,17). The van der Waals surface area contributed by atoms with Gasteiger partial charge >= 0.3 is 0 Å². The Bertz CT molecular complexity index is 351. The first-order valence-corrected chi connectivity index (χ1v) is 5.99. The largest absolute Gasteiger partial charge is 0.380 e. The van der Waals surface area contributed by atoms with Gasteiger partial charge in [0.2, 0.25) is 5.95 Å². The van der Waals surface area contributed by atoms with Crippen LogP contribution in [-0.4, -0.2) is 23.1 Å². The van der Waals surface area contributed by atoms with E-state index in [0.717, 1.165) is 43.9 Å². The molecule has 0 bridgehead atoms. The molecule has 1 aromatic rings. The van der Waals surface area contributed by atoms with Crippen molar-refractivity contribution in [3.63, 3.8) is 0 Å². The van der Waals surface area contributed by atoms with E-state index >= 15 is 0 Å². The number of hydrogen-bond donors (Lipinski definition) is 3. The Balaban J connectivity index is 2.62. The van der Waals surface area contributed by atoms with Gasteiger partial charge in [-0.25, -0.2) is 4.98 Å². The summed E-state index contributed by atoms with van der Waals surface area (Å²) in [6.45, 7) is 7.54. The van der Waals surface area contributed by atoms with Crippen LogP contribution in [0.25, 0.3) is 0 Å². The summed E-state index contributed by atoms with van der Waals surface area (Å²) in [5.74, 6) is 1.06. The maximum Gasteiger partial charge on any atom is 0.222 e. The van der Waals surface area contributed by atoms with E-state index in [4.69, 9.17) is 5.73 Å². The van der Waals surface area contributed by atoms with Gasteiger partial charge in [-0.2, -0.15) is 4.98 Å². The summed E-state index contributed by atoms with van der Waals surface area (Å²) in [5, 5.41) is 6.52. The van der Waals surface area contributed by atoms with Crippen molar-refractivity contribution < 1.29 is 0 Å². The third kappa shape index (κ3) is 4.72. The molecular weight excluding hydrogens is 214 g/mol. The van der Waals surface area contributed by atoms with E-state index < -0.39 is 0 Å². The van der Waals surface area contributed by atoms with Gasteiger partial charge in [-0.15, -0.1) is 6.58 Å². The summed E-state index contributed by atoms with van der Waals surface area (Å²) in [6.07, 6.45) is 6.73. The van der Waals surface area contributed by atoms with E-state index in [-0.39, 0.29) is 0 Å². The molecule has 0 unspecified atom stereocenters. The number of anilines is 3. The number of rotatable bonds is 8. The van der Waals surface area contributed by atoms with Crippen molar-refractivity contribution in [3.8, 4) is 0 Å². The highest BCUT2D eigenvalue weighted by atomic mass is 15.1. The van der Waals surface area contributed by atoms with Crippen LogP contribution < -0.4 is 16.4 Å². The number of aromatic nitrogens is 2. The van der Waals surface area contributed by atoms with Crippen LogP contribution in [0.5, 0.6) is 0 Å². The molecule has 0 fully saturated rings. The lowest BCUT2D eigenvalue weighted by molar-refractivity contribution is 0.830. The highest BCUT2D eigenvalue weighted by Crippen LogP contribution is 2.18. The molecule has 0 aromatic carbocycles. The SMILES string of the molecule is C=CCCNc1cnc(N)nc1NCCCC. The van der Waals surface area contributed by atoms with Crippen molar-refractivity contribution >= 4 is 17.5 Å². The molecule has 4 N–H and O–H groups in total. The number of nitrogens with two attached hydrogens (primary N) is 1. The minimum absolute atomic E-state index is 0.290. The van der Waals surface area contributed by atoms with E-state index in [1.54, 1.807) is 6.20 Å². The fourth-order valence-corrected chi connectivity index (χ4v) is 1.35. The summed E-state index contributed by atoms with van der Waals surface area (Å²) < 4.78 is 0. The molecule has 94 valence electrons. The highest BCUT2D eigenvalue weighted by Gasteiger charge is 2.04. The second kappa shape index (κ2) is 7.49. The minimum Gasteiger partial charge on any atom is -0.380 e. The van der Waals surface area contributed by atoms with E-state index in [9.17, 15) is 0 Å². The Morgan fingerprint density at radius 2 is 2.24 bits per heavy atom. The van der Waals surface area contributed by atoms with Crippen LogP contribution in [0.3, 0.4) is 0 Å². The molecule has 0 atom stereocenters. The van der Waals surface area contributed by atoms with Gasteiger partial charge in [-0.1, -0.05) is 19.4 Å². The van der Waals surface area contributed by atoms with E-state index in [1.165, 1.54) is 0 Å². The van der Waals surface area contributed by atoms with Gasteiger partial charge in [0.25, 0.3) is 0 Å². The maximum absolute atomic E-state index is 5.58. The first kappa shape index (κ1) is 13.3. The monoisotopic (exact) mass is 235 g/mol. The molecule has 0 saturated carbocycles. The second-order valence-corrected chi connectivity index (χ2v) is 3.77. The zero-order valence-electron chi connectivity index (χ0n) is 10.4. The first-order valence-electron chi connectivity index (χ1n) is 5.99. The molecule has 5 nitrogen and oxygen atoms in total. The van der Waals surface area contributed by atoms with Crippen molar-refractivity contribution in [1.82, 2.24) is 9.97 Å². The van der Waals surface area contributed by atoms with Crippen LogP contribution in [0, 0.1) is 0 Å². The van der Waals surface area contributed by atoms with Gasteiger partial charge in [0.05, 0.1) is 11.9 Å². The van der Waals surface area contributed by atoms with Gasteiger partial charge in [-0.05, 0) is 12.8 Å². The molecule has 0 spiro atoms. The van der Waals surface area contributed by atoms with Crippen LogP contribution in [0.1, 0.15) is 26.2 Å². The summed E-state index contributed by atoms with van der Waals surface area (Å²) in [7, 11) is 0. The molecule has 1 aromatic heterocycles. The second-order valence-electron chi connectivity index (χ2n) is 3.77. The van der Waals surface area contributed by atoms with Gasteiger partial charge in [-0.3, -0.25) is 0 Å². The predicted molar refractivity (Wildman–Crippen MR) is 73.1 cm³/mol. The minimum atomic E-state index is 0.290. The van der Waals surface area contributed by atoms with Crippen molar-refractivity contribution in [2.45, 2.75) is 26.2 Å². The summed E-state index contributed by atoms with van der Waals surface area (Å²) in [6, 6.07) is 0. The lowest BCUT2D eigenvalue weighted by Gasteiger charge is -2.12. The zero-order valence-corrected chi connectivity index (χ0v) is 10.4.